The normalized spacial score (nSPS) is 25.1. The molecule has 2 amide bonds. The van der Waals surface area contributed by atoms with Crippen molar-refractivity contribution < 1.29 is 23.9 Å². The van der Waals surface area contributed by atoms with Crippen LogP contribution in [0.15, 0.2) is 83.3 Å². The quantitative estimate of drug-likeness (QED) is 0.389. The van der Waals surface area contributed by atoms with E-state index in [0.717, 1.165) is 4.90 Å². The van der Waals surface area contributed by atoms with Crippen molar-refractivity contribution in [2.24, 2.45) is 11.8 Å². The summed E-state index contributed by atoms with van der Waals surface area (Å²) in [5.74, 6) is -4.48. The Hall–Kier alpha value is -3.42. The van der Waals surface area contributed by atoms with Gasteiger partial charge in [0.05, 0.1) is 23.6 Å². The van der Waals surface area contributed by atoms with Crippen molar-refractivity contribution in [3.05, 3.63) is 100 Å². The summed E-state index contributed by atoms with van der Waals surface area (Å²) in [6, 6.07) is 22.3. The molecule has 3 aromatic rings. The number of benzene rings is 3. The van der Waals surface area contributed by atoms with Crippen LogP contribution in [0.1, 0.15) is 32.4 Å². The third-order valence-corrected chi connectivity index (χ3v) is 7.41. The molecule has 0 unspecified atom stereocenters. The van der Waals surface area contributed by atoms with E-state index in [2.05, 4.69) is 15.9 Å². The first-order chi connectivity index (χ1) is 16.0. The van der Waals surface area contributed by atoms with E-state index in [9.17, 15) is 19.2 Å². The standard InChI is InChI=1S/C26H16BrNO5/c27-17-12-6-7-13-18(17)28-24(31)19-20(25(28)32)26(33-21(19)14-8-2-1-3-9-14)22(29)15-10-4-5-11-16(15)23(26)30/h1-13,19-21H/t19-,20+,21-/m0/s1. The van der Waals surface area contributed by atoms with Crippen molar-refractivity contribution in [1.82, 2.24) is 0 Å². The van der Waals surface area contributed by atoms with Gasteiger partial charge in [-0.2, -0.15) is 0 Å². The van der Waals surface area contributed by atoms with E-state index in [1.54, 1.807) is 72.8 Å². The highest BCUT2D eigenvalue weighted by Gasteiger charge is 2.74. The molecule has 2 fully saturated rings. The van der Waals surface area contributed by atoms with Crippen molar-refractivity contribution in [2.75, 3.05) is 4.90 Å². The molecule has 0 saturated carbocycles. The Balaban J connectivity index is 1.57. The number of rotatable bonds is 2. The monoisotopic (exact) mass is 501 g/mol. The van der Waals surface area contributed by atoms with Crippen LogP contribution in [0.4, 0.5) is 5.69 Å². The number of carbonyl (C=O) groups excluding carboxylic acids is 4. The molecule has 0 aromatic heterocycles. The van der Waals surface area contributed by atoms with Crippen molar-refractivity contribution in [3.63, 3.8) is 0 Å². The molecule has 0 N–H and O–H groups in total. The van der Waals surface area contributed by atoms with Gasteiger partial charge < -0.3 is 4.74 Å². The summed E-state index contributed by atoms with van der Waals surface area (Å²) in [6.45, 7) is 0. The van der Waals surface area contributed by atoms with E-state index < -0.39 is 46.9 Å². The van der Waals surface area contributed by atoms with Crippen LogP contribution in [0.5, 0.6) is 0 Å². The second kappa shape index (κ2) is 7.04. The van der Waals surface area contributed by atoms with Crippen LogP contribution in [0.25, 0.3) is 0 Å². The third-order valence-electron chi connectivity index (χ3n) is 6.74. The Morgan fingerprint density at radius 1 is 0.727 bits per heavy atom. The summed E-state index contributed by atoms with van der Waals surface area (Å²) >= 11 is 3.41. The van der Waals surface area contributed by atoms with Crippen molar-refractivity contribution in [3.8, 4) is 0 Å². The lowest BCUT2D eigenvalue weighted by atomic mass is 9.77. The zero-order valence-electron chi connectivity index (χ0n) is 17.1. The van der Waals surface area contributed by atoms with Gasteiger partial charge >= 0.3 is 0 Å². The molecule has 3 aliphatic rings. The van der Waals surface area contributed by atoms with Gasteiger partial charge in [-0.25, -0.2) is 4.90 Å². The van der Waals surface area contributed by atoms with Crippen molar-refractivity contribution >= 4 is 45.0 Å². The molecule has 7 heteroatoms. The Labute approximate surface area is 197 Å². The van der Waals surface area contributed by atoms with Gasteiger partial charge in [0.1, 0.15) is 0 Å². The van der Waals surface area contributed by atoms with Gasteiger partial charge in [0, 0.05) is 15.6 Å². The minimum atomic E-state index is -2.06. The molecule has 1 spiro atoms. The molecule has 6 nitrogen and oxygen atoms in total. The average Bonchev–Trinajstić information content (AvgIpc) is 3.40. The zero-order valence-corrected chi connectivity index (χ0v) is 18.7. The van der Waals surface area contributed by atoms with Crippen LogP contribution in [-0.2, 0) is 14.3 Å². The largest absolute Gasteiger partial charge is 0.349 e. The van der Waals surface area contributed by atoms with Gasteiger partial charge in [0.2, 0.25) is 29.0 Å². The summed E-state index contributed by atoms with van der Waals surface area (Å²) in [5, 5.41) is 0. The van der Waals surface area contributed by atoms with E-state index in [4.69, 9.17) is 4.74 Å². The SMILES string of the molecule is O=C1[C@@H]2[C@H](c3ccccc3)OC3(C(=O)c4ccccc4C3=O)[C@H]2C(=O)N1c1ccccc1Br. The number of para-hydroxylation sites is 1. The second-order valence-electron chi connectivity index (χ2n) is 8.36. The number of amides is 2. The second-order valence-corrected chi connectivity index (χ2v) is 9.21. The number of nitrogens with zero attached hydrogens (tertiary/aromatic N) is 1. The predicted molar refractivity (Wildman–Crippen MR) is 122 cm³/mol. The molecule has 2 saturated heterocycles. The van der Waals surface area contributed by atoms with Gasteiger partial charge in [0.15, 0.2) is 0 Å². The van der Waals surface area contributed by atoms with Crippen molar-refractivity contribution in [2.45, 2.75) is 11.7 Å². The molecule has 0 radical (unpaired) electrons. The van der Waals surface area contributed by atoms with Gasteiger partial charge in [-0.05, 0) is 33.6 Å². The number of imide groups is 1. The number of Topliss-reactive ketones (excluding diaryl/α,β-unsaturated/α-hetero) is 2. The molecule has 33 heavy (non-hydrogen) atoms. The molecule has 2 heterocycles. The highest BCUT2D eigenvalue weighted by Crippen LogP contribution is 2.58. The van der Waals surface area contributed by atoms with Crippen LogP contribution in [-0.4, -0.2) is 29.0 Å². The van der Waals surface area contributed by atoms with Crippen LogP contribution >= 0.6 is 15.9 Å². The number of ether oxygens (including phenoxy) is 1. The molecule has 3 aromatic carbocycles. The molecule has 3 atom stereocenters. The number of hydrogen-bond acceptors (Lipinski definition) is 5. The van der Waals surface area contributed by atoms with Crippen LogP contribution in [0.3, 0.4) is 0 Å². The van der Waals surface area contributed by atoms with E-state index >= 15 is 0 Å². The van der Waals surface area contributed by atoms with Crippen LogP contribution < -0.4 is 4.90 Å². The van der Waals surface area contributed by atoms with Gasteiger partial charge in [-0.1, -0.05) is 66.7 Å². The Kier molecular flexibility index (Phi) is 4.31. The number of halogens is 1. The third kappa shape index (κ3) is 2.52. The number of ketones is 2. The Morgan fingerprint density at radius 2 is 1.30 bits per heavy atom. The molecule has 0 bridgehead atoms. The smallest absolute Gasteiger partial charge is 0.241 e. The summed E-state index contributed by atoms with van der Waals surface area (Å²) < 4.78 is 6.81. The summed E-state index contributed by atoms with van der Waals surface area (Å²) in [7, 11) is 0. The maximum absolute atomic E-state index is 13.8. The van der Waals surface area contributed by atoms with Gasteiger partial charge in [-0.15, -0.1) is 0 Å². The lowest BCUT2D eigenvalue weighted by molar-refractivity contribution is -0.127. The minimum absolute atomic E-state index is 0.217. The first kappa shape index (κ1) is 20.2. The highest BCUT2D eigenvalue weighted by molar-refractivity contribution is 9.10. The van der Waals surface area contributed by atoms with Gasteiger partial charge in [-0.3, -0.25) is 19.2 Å². The molecular formula is C26H16BrNO5. The lowest BCUT2D eigenvalue weighted by Crippen LogP contribution is -2.51. The zero-order chi connectivity index (χ0) is 22.9. The average molecular weight is 502 g/mol. The molecule has 162 valence electrons. The Morgan fingerprint density at radius 3 is 1.94 bits per heavy atom. The van der Waals surface area contributed by atoms with Crippen LogP contribution in [0.2, 0.25) is 0 Å². The lowest BCUT2D eigenvalue weighted by Gasteiger charge is -2.27. The highest BCUT2D eigenvalue weighted by atomic mass is 79.9. The number of hydrogen-bond donors (Lipinski definition) is 0. The fourth-order valence-electron chi connectivity index (χ4n) is 5.33. The number of carbonyl (C=O) groups is 4. The first-order valence-electron chi connectivity index (χ1n) is 10.5. The fraction of sp³-hybridized carbons (Fsp3) is 0.154. The topological polar surface area (TPSA) is 80.8 Å². The molecule has 6 rings (SSSR count). The minimum Gasteiger partial charge on any atom is -0.349 e. The van der Waals surface area contributed by atoms with E-state index in [1.165, 1.54) is 0 Å². The number of fused-ring (bicyclic) bond motifs is 3. The maximum Gasteiger partial charge on any atom is 0.241 e. The predicted octanol–water partition coefficient (Wildman–Crippen LogP) is 4.14. The van der Waals surface area contributed by atoms with E-state index in [1.807, 2.05) is 6.07 Å². The van der Waals surface area contributed by atoms with E-state index in [-0.39, 0.29) is 11.1 Å². The van der Waals surface area contributed by atoms with E-state index in [0.29, 0.717) is 15.7 Å². The summed E-state index contributed by atoms with van der Waals surface area (Å²) in [5.41, 5.74) is -0.614. The van der Waals surface area contributed by atoms with Gasteiger partial charge in [0.25, 0.3) is 0 Å². The first-order valence-corrected chi connectivity index (χ1v) is 11.3. The van der Waals surface area contributed by atoms with Crippen molar-refractivity contribution in [1.29, 1.82) is 0 Å². The summed E-state index contributed by atoms with van der Waals surface area (Å²) in [4.78, 5) is 56.0. The summed E-state index contributed by atoms with van der Waals surface area (Å²) in [6.07, 6.45) is -0.914. The van der Waals surface area contributed by atoms with Crippen LogP contribution in [0, 0.1) is 11.8 Å². The molecule has 2 aliphatic heterocycles. The Bertz CT molecular complexity index is 1330. The number of anilines is 1. The fourth-order valence-corrected chi connectivity index (χ4v) is 5.79. The molecule has 1 aliphatic carbocycles. The molecular weight excluding hydrogens is 486 g/mol. The maximum atomic E-state index is 13.8.